The largest absolute Gasteiger partial charge is 1.00 e. The molecule has 0 radical (unpaired) electrons. The second kappa shape index (κ2) is 14.0. The first-order chi connectivity index (χ1) is 4.85. The van der Waals surface area contributed by atoms with Gasteiger partial charge in [0, 0.05) is 33.3 Å². The van der Waals surface area contributed by atoms with Gasteiger partial charge in [-0.1, -0.05) is 11.4 Å². The van der Waals surface area contributed by atoms with Gasteiger partial charge in [0.25, 0.3) is 0 Å². The molecule has 0 aliphatic rings. The molecule has 13 heavy (non-hydrogen) atoms. The van der Waals surface area contributed by atoms with Crippen LogP contribution in [0.3, 0.4) is 0 Å². The van der Waals surface area contributed by atoms with Gasteiger partial charge in [-0.3, -0.25) is 14.5 Å². The van der Waals surface area contributed by atoms with Crippen molar-refractivity contribution < 1.29 is 80.3 Å². The monoisotopic (exact) mass is 333 g/mol. The van der Waals surface area contributed by atoms with Crippen molar-refractivity contribution in [1.82, 2.24) is 0 Å². The van der Waals surface area contributed by atoms with Crippen LogP contribution in [0.1, 0.15) is 1.43 Å². The van der Waals surface area contributed by atoms with Crippen LogP contribution in [0.15, 0.2) is 0 Å². The molecule has 0 saturated heterocycles. The first kappa shape index (κ1) is 24.3. The quantitative estimate of drug-likeness (QED) is 0.356. The van der Waals surface area contributed by atoms with Gasteiger partial charge >= 0.3 is 45.4 Å². The predicted octanol–water partition coefficient (Wildman–Crippen LogP) is -3.44. The Bertz CT molecular complexity index is 168. The van der Waals surface area contributed by atoms with Crippen LogP contribution in [0.25, 0.3) is 0 Å². The summed E-state index contributed by atoms with van der Waals surface area (Å²) in [7, 11) is -1.80. The summed E-state index contributed by atoms with van der Waals surface area (Å²) < 4.78 is 23.6. The molecular formula is C2H11NNaO5PSSiZr. The van der Waals surface area contributed by atoms with Gasteiger partial charge in [-0.05, 0) is 6.26 Å². The smallest absolute Gasteiger partial charge is 1.00 e. The third-order valence-corrected chi connectivity index (χ3v) is 3.50. The van der Waals surface area contributed by atoms with Crippen molar-refractivity contribution >= 4 is 27.3 Å². The Morgan fingerprint density at radius 2 is 1.85 bits per heavy atom. The zero-order chi connectivity index (χ0) is 9.49. The summed E-state index contributed by atoms with van der Waals surface area (Å²) in [4.78, 5) is 14.3. The molecule has 0 amide bonds. The first-order valence-electron chi connectivity index (χ1n) is 2.27. The van der Waals surface area contributed by atoms with Gasteiger partial charge in [0.05, 0.1) is 0 Å². The molecule has 11 heteroatoms. The van der Waals surface area contributed by atoms with Gasteiger partial charge in [-0.25, -0.2) is 0 Å². The van der Waals surface area contributed by atoms with Gasteiger partial charge in [0.2, 0.25) is 0 Å². The minimum Gasteiger partial charge on any atom is -1.00 e. The van der Waals surface area contributed by atoms with E-state index in [0.29, 0.717) is 0 Å². The molecule has 0 bridgehead atoms. The van der Waals surface area contributed by atoms with Crippen molar-refractivity contribution in [1.29, 1.82) is 0 Å². The van der Waals surface area contributed by atoms with Crippen LogP contribution in [0.5, 0.6) is 0 Å². The van der Waals surface area contributed by atoms with E-state index < -0.39 is 15.9 Å². The summed E-state index contributed by atoms with van der Waals surface area (Å²) in [5.41, 5.74) is 5.01. The van der Waals surface area contributed by atoms with Crippen LogP contribution < -0.4 is 35.1 Å². The van der Waals surface area contributed by atoms with E-state index in [2.05, 4.69) is 4.52 Å². The zero-order valence-corrected chi connectivity index (χ0v) is 14.7. The molecular weight excluding hydrogens is 323 g/mol. The molecule has 74 valence electrons. The molecule has 0 aliphatic carbocycles. The summed E-state index contributed by atoms with van der Waals surface area (Å²) in [6.45, 7) is -2.74. The standard InChI is InChI=1S/C2H8NO2PS.Na.H2O3Si.Zr.H/c1-5-6(3,4)7-2;;1-4(2)3;;/h1-2H3,(H2,3,4);;1-2H;;/q;+1;;;-1. The van der Waals surface area contributed by atoms with Crippen molar-refractivity contribution in [3.63, 3.8) is 0 Å². The molecule has 0 saturated carbocycles. The van der Waals surface area contributed by atoms with E-state index in [-0.39, 0.29) is 57.2 Å². The van der Waals surface area contributed by atoms with Crippen LogP contribution in [0, 0.1) is 0 Å². The van der Waals surface area contributed by atoms with E-state index in [4.69, 9.17) is 19.6 Å². The fraction of sp³-hybridized carbons (Fsp3) is 1.00. The first-order valence-corrected chi connectivity index (χ1v) is 7.10. The Morgan fingerprint density at radius 1 is 1.62 bits per heavy atom. The molecule has 0 aromatic carbocycles. The summed E-state index contributed by atoms with van der Waals surface area (Å²) in [6, 6.07) is 0. The molecule has 0 fully saturated rings. The summed E-state index contributed by atoms with van der Waals surface area (Å²) in [6.07, 6.45) is 1.64. The molecule has 1 unspecified atom stereocenters. The molecule has 0 spiro atoms. The van der Waals surface area contributed by atoms with Gasteiger partial charge in [-0.2, -0.15) is 0 Å². The molecule has 4 N–H and O–H groups in total. The number of rotatable bonds is 2. The average Bonchev–Trinajstić information content (AvgIpc) is 1.87. The normalized spacial score (nSPS) is 11.9. The fourth-order valence-electron chi connectivity index (χ4n) is 0.0745. The maximum absolute atomic E-state index is 10.5. The Balaban J connectivity index is -0.0000000347. The fourth-order valence-corrected chi connectivity index (χ4v) is 0.671. The van der Waals surface area contributed by atoms with E-state index in [1.165, 1.54) is 7.11 Å². The number of nitrogens with two attached hydrogens (primary N) is 1. The second-order valence-corrected chi connectivity index (χ2v) is 6.18. The topological polar surface area (TPSA) is 110 Å². The van der Waals surface area contributed by atoms with Crippen LogP contribution >= 0.6 is 18.1 Å². The van der Waals surface area contributed by atoms with Crippen molar-refractivity contribution in [2.45, 2.75) is 0 Å². The van der Waals surface area contributed by atoms with Crippen molar-refractivity contribution in [3.05, 3.63) is 0 Å². The molecule has 0 aliphatic heterocycles. The van der Waals surface area contributed by atoms with Gasteiger partial charge in [0.1, 0.15) is 0 Å². The summed E-state index contributed by atoms with van der Waals surface area (Å²) in [5, 5.41) is 0. The minimum absolute atomic E-state index is 0. The maximum atomic E-state index is 10.5. The van der Waals surface area contributed by atoms with E-state index in [9.17, 15) is 4.57 Å². The third-order valence-electron chi connectivity index (χ3n) is 0.509. The Hall–Kier alpha value is 2.00. The van der Waals surface area contributed by atoms with Crippen LogP contribution in [0.4, 0.5) is 0 Å². The summed E-state index contributed by atoms with van der Waals surface area (Å²) in [5.74, 6) is 0. The Morgan fingerprint density at radius 3 is 1.85 bits per heavy atom. The van der Waals surface area contributed by atoms with Crippen LogP contribution in [-0.2, 0) is 39.8 Å². The molecule has 6 nitrogen and oxygen atoms in total. The second-order valence-electron chi connectivity index (χ2n) is 1.19. The van der Waals surface area contributed by atoms with E-state index in [0.717, 1.165) is 11.4 Å². The predicted molar refractivity (Wildman–Crippen MR) is 44.3 cm³/mol. The molecule has 1 atom stereocenters. The van der Waals surface area contributed by atoms with Crippen molar-refractivity contribution in [3.8, 4) is 0 Å². The van der Waals surface area contributed by atoms with Crippen molar-refractivity contribution in [2.75, 3.05) is 13.4 Å². The Kier molecular flexibility index (Phi) is 26.2. The third kappa shape index (κ3) is 31.5. The van der Waals surface area contributed by atoms with Gasteiger partial charge in [0.15, 0.2) is 0 Å². The van der Waals surface area contributed by atoms with E-state index in [1.807, 2.05) is 0 Å². The van der Waals surface area contributed by atoms with E-state index >= 15 is 0 Å². The van der Waals surface area contributed by atoms with Crippen LogP contribution in [0.2, 0.25) is 0 Å². The van der Waals surface area contributed by atoms with Gasteiger partial charge < -0.3 is 15.5 Å². The van der Waals surface area contributed by atoms with Crippen LogP contribution in [-0.4, -0.2) is 32.1 Å². The Labute approximate surface area is 125 Å². The average molecular weight is 334 g/mol. The molecule has 0 heterocycles. The number of hydrogen-bond donors (Lipinski definition) is 3. The molecule has 0 aromatic heterocycles. The van der Waals surface area contributed by atoms with Crippen molar-refractivity contribution in [2.24, 2.45) is 5.50 Å². The van der Waals surface area contributed by atoms with E-state index in [1.54, 1.807) is 6.26 Å². The van der Waals surface area contributed by atoms with Gasteiger partial charge in [-0.15, -0.1) is 0 Å². The zero-order valence-electron chi connectivity index (χ0n) is 8.55. The minimum atomic E-state index is -3.13. The SMILES string of the molecule is COP(N)(=O)SC.O=[Si](O)O.[H-].[Na+].[Zr]. The molecule has 0 rings (SSSR count). The summed E-state index contributed by atoms with van der Waals surface area (Å²) >= 11 is 1.04. The maximum Gasteiger partial charge on any atom is 1.00 e. The molecule has 0 aromatic rings. The number of hydrogen-bond acceptors (Lipinski definition) is 4.